The molecule has 30 heavy (non-hydrogen) atoms. The third-order valence-electron chi connectivity index (χ3n) is 5.92. The Morgan fingerprint density at radius 3 is 2.83 bits per heavy atom. The summed E-state index contributed by atoms with van der Waals surface area (Å²) in [5.74, 6) is 1.39. The molecule has 4 aromatic rings. The normalized spacial score (nSPS) is 17.1. The zero-order chi connectivity index (χ0) is 20.5. The van der Waals surface area contributed by atoms with Gasteiger partial charge in [-0.1, -0.05) is 29.4 Å². The summed E-state index contributed by atoms with van der Waals surface area (Å²) in [5, 5.41) is 5.24. The maximum absolute atomic E-state index is 5.30. The second-order valence-corrected chi connectivity index (χ2v) is 8.18. The Labute approximate surface area is 176 Å². The molecule has 1 fully saturated rings. The number of aromatic nitrogens is 4. The van der Waals surface area contributed by atoms with Crippen molar-refractivity contribution in [2.45, 2.75) is 33.2 Å². The fraction of sp³-hybridized carbons (Fsp3) is 0.333. The molecule has 4 heterocycles. The highest BCUT2D eigenvalue weighted by Gasteiger charge is 2.24. The Bertz CT molecular complexity index is 1170. The number of likely N-dealkylation sites (tertiary alicyclic amines) is 1. The zero-order valence-electron chi connectivity index (χ0n) is 17.4. The Kier molecular flexibility index (Phi) is 5.01. The van der Waals surface area contributed by atoms with Gasteiger partial charge in [-0.05, 0) is 57.4 Å². The van der Waals surface area contributed by atoms with Crippen LogP contribution in [-0.2, 0) is 13.0 Å². The van der Waals surface area contributed by atoms with Gasteiger partial charge in [0.05, 0.1) is 28.2 Å². The molecule has 0 radical (unpaired) electrons. The number of aryl methyl sites for hydroxylation is 2. The van der Waals surface area contributed by atoms with E-state index in [1.54, 1.807) is 6.33 Å². The fourth-order valence-corrected chi connectivity index (χ4v) is 4.44. The second-order valence-electron chi connectivity index (χ2n) is 8.18. The summed E-state index contributed by atoms with van der Waals surface area (Å²) in [7, 11) is 0. The molecule has 1 aromatic carbocycles. The van der Waals surface area contributed by atoms with Crippen LogP contribution in [0.5, 0.6) is 0 Å². The molecule has 0 spiro atoms. The molecule has 0 aliphatic carbocycles. The molecule has 152 valence electrons. The Morgan fingerprint density at radius 1 is 1.07 bits per heavy atom. The van der Waals surface area contributed by atoms with Gasteiger partial charge >= 0.3 is 0 Å². The number of para-hydroxylation sites is 1. The smallest absolute Gasteiger partial charge is 0.143 e. The van der Waals surface area contributed by atoms with Crippen LogP contribution < -0.4 is 0 Å². The molecule has 6 heteroatoms. The molecule has 6 nitrogen and oxygen atoms in total. The minimum absolute atomic E-state index is 0.595. The summed E-state index contributed by atoms with van der Waals surface area (Å²) < 4.78 is 5.30. The van der Waals surface area contributed by atoms with E-state index >= 15 is 0 Å². The van der Waals surface area contributed by atoms with Crippen LogP contribution in [0.1, 0.15) is 29.3 Å². The standard InChI is InChI=1S/C24H25N5O/c1-16-24(17(2)30-28-16)23-12-21(25-15-26-23)11-18-9-10-29(13-18)14-20-8-7-19-5-3-4-6-22(19)27-20/h3-8,12,15,18H,9-11,13-14H2,1-2H3/t18-/m0/s1. The molecular formula is C24H25N5O. The average Bonchev–Trinajstić information content (AvgIpc) is 3.33. The molecule has 0 amide bonds. The molecule has 1 atom stereocenters. The van der Waals surface area contributed by atoms with Gasteiger partial charge in [-0.25, -0.2) is 9.97 Å². The van der Waals surface area contributed by atoms with Crippen LogP contribution in [0.4, 0.5) is 0 Å². The molecule has 1 saturated heterocycles. The van der Waals surface area contributed by atoms with Crippen LogP contribution in [0.25, 0.3) is 22.2 Å². The first-order valence-electron chi connectivity index (χ1n) is 10.5. The van der Waals surface area contributed by atoms with Crippen molar-refractivity contribution in [1.82, 2.24) is 25.0 Å². The topological polar surface area (TPSA) is 67.9 Å². The predicted octanol–water partition coefficient (Wildman–Crippen LogP) is 4.36. The van der Waals surface area contributed by atoms with Gasteiger partial charge in [0.2, 0.25) is 0 Å². The highest BCUT2D eigenvalue weighted by Crippen LogP contribution is 2.27. The summed E-state index contributed by atoms with van der Waals surface area (Å²) in [4.78, 5) is 16.3. The Balaban J connectivity index is 1.25. The van der Waals surface area contributed by atoms with E-state index in [4.69, 9.17) is 9.51 Å². The summed E-state index contributed by atoms with van der Waals surface area (Å²) in [6.45, 7) is 6.94. The van der Waals surface area contributed by atoms with Crippen molar-refractivity contribution in [1.29, 1.82) is 0 Å². The molecule has 1 aliphatic heterocycles. The molecular weight excluding hydrogens is 374 g/mol. The van der Waals surface area contributed by atoms with Crippen molar-refractivity contribution < 1.29 is 4.52 Å². The van der Waals surface area contributed by atoms with E-state index in [0.717, 1.165) is 65.7 Å². The first-order valence-corrected chi connectivity index (χ1v) is 10.5. The van der Waals surface area contributed by atoms with Gasteiger partial charge in [0.15, 0.2) is 0 Å². The van der Waals surface area contributed by atoms with Gasteiger partial charge < -0.3 is 4.52 Å². The molecule has 1 aliphatic rings. The maximum atomic E-state index is 5.30. The first-order chi connectivity index (χ1) is 14.7. The number of fused-ring (bicyclic) bond motifs is 1. The predicted molar refractivity (Wildman–Crippen MR) is 116 cm³/mol. The summed E-state index contributed by atoms with van der Waals surface area (Å²) in [6, 6.07) is 14.7. The highest BCUT2D eigenvalue weighted by atomic mass is 16.5. The third-order valence-corrected chi connectivity index (χ3v) is 5.92. The highest BCUT2D eigenvalue weighted by molar-refractivity contribution is 5.78. The van der Waals surface area contributed by atoms with Crippen molar-refractivity contribution in [3.05, 3.63) is 71.6 Å². The van der Waals surface area contributed by atoms with Crippen molar-refractivity contribution in [2.75, 3.05) is 13.1 Å². The lowest BCUT2D eigenvalue weighted by molar-refractivity contribution is 0.312. The number of pyridine rings is 1. The van der Waals surface area contributed by atoms with E-state index in [-0.39, 0.29) is 0 Å². The maximum Gasteiger partial charge on any atom is 0.143 e. The number of benzene rings is 1. The quantitative estimate of drug-likeness (QED) is 0.497. The lowest BCUT2D eigenvalue weighted by atomic mass is 10.0. The number of hydrogen-bond acceptors (Lipinski definition) is 6. The van der Waals surface area contributed by atoms with Gasteiger partial charge in [-0.2, -0.15) is 0 Å². The van der Waals surface area contributed by atoms with E-state index in [1.165, 1.54) is 11.8 Å². The van der Waals surface area contributed by atoms with Crippen LogP contribution >= 0.6 is 0 Å². The number of nitrogens with zero attached hydrogens (tertiary/aromatic N) is 5. The summed E-state index contributed by atoms with van der Waals surface area (Å²) >= 11 is 0. The molecule has 3 aromatic heterocycles. The minimum atomic E-state index is 0.595. The van der Waals surface area contributed by atoms with Gasteiger partial charge in [0, 0.05) is 24.2 Å². The Morgan fingerprint density at radius 2 is 1.97 bits per heavy atom. The monoisotopic (exact) mass is 399 g/mol. The van der Waals surface area contributed by atoms with Crippen molar-refractivity contribution in [2.24, 2.45) is 5.92 Å². The molecule has 0 N–H and O–H groups in total. The zero-order valence-corrected chi connectivity index (χ0v) is 17.4. The fourth-order valence-electron chi connectivity index (χ4n) is 4.44. The van der Waals surface area contributed by atoms with E-state index in [1.807, 2.05) is 19.9 Å². The largest absolute Gasteiger partial charge is 0.361 e. The summed E-state index contributed by atoms with van der Waals surface area (Å²) in [5.41, 5.74) is 6.03. The van der Waals surface area contributed by atoms with Crippen LogP contribution in [0.2, 0.25) is 0 Å². The SMILES string of the molecule is Cc1noc(C)c1-c1cc(C[C@@H]2CCN(Cc3ccc4ccccc4n3)C2)ncn1. The average molecular weight is 399 g/mol. The van der Waals surface area contributed by atoms with Crippen LogP contribution in [-0.4, -0.2) is 38.1 Å². The number of rotatable bonds is 5. The van der Waals surface area contributed by atoms with E-state index in [0.29, 0.717) is 5.92 Å². The lowest BCUT2D eigenvalue weighted by Gasteiger charge is -2.16. The third kappa shape index (κ3) is 3.83. The Hall–Kier alpha value is -3.12. The second kappa shape index (κ2) is 7.95. The van der Waals surface area contributed by atoms with Crippen molar-refractivity contribution in [3.63, 3.8) is 0 Å². The van der Waals surface area contributed by atoms with Gasteiger partial charge in [-0.15, -0.1) is 0 Å². The van der Waals surface area contributed by atoms with Crippen LogP contribution in [0.15, 0.2) is 53.3 Å². The van der Waals surface area contributed by atoms with E-state index in [2.05, 4.69) is 56.4 Å². The number of hydrogen-bond donors (Lipinski definition) is 0. The molecule has 0 unspecified atom stereocenters. The van der Waals surface area contributed by atoms with Crippen molar-refractivity contribution >= 4 is 10.9 Å². The van der Waals surface area contributed by atoms with E-state index < -0.39 is 0 Å². The first kappa shape index (κ1) is 18.9. The van der Waals surface area contributed by atoms with Crippen LogP contribution in [0.3, 0.4) is 0 Å². The van der Waals surface area contributed by atoms with Gasteiger partial charge in [0.25, 0.3) is 0 Å². The molecule has 0 bridgehead atoms. The molecule has 5 rings (SSSR count). The van der Waals surface area contributed by atoms with Crippen molar-refractivity contribution in [3.8, 4) is 11.3 Å². The van der Waals surface area contributed by atoms with E-state index in [9.17, 15) is 0 Å². The van der Waals surface area contributed by atoms with Gasteiger partial charge in [0.1, 0.15) is 12.1 Å². The summed E-state index contributed by atoms with van der Waals surface area (Å²) in [6.07, 6.45) is 3.79. The molecule has 0 saturated carbocycles. The minimum Gasteiger partial charge on any atom is -0.361 e. The van der Waals surface area contributed by atoms with Gasteiger partial charge in [-0.3, -0.25) is 9.88 Å². The lowest BCUT2D eigenvalue weighted by Crippen LogP contribution is -2.21. The van der Waals surface area contributed by atoms with Crippen LogP contribution in [0, 0.1) is 19.8 Å².